The lowest BCUT2D eigenvalue weighted by atomic mass is 9.72. The van der Waals surface area contributed by atoms with Gasteiger partial charge in [0.15, 0.2) is 0 Å². The van der Waals surface area contributed by atoms with Gasteiger partial charge in [-0.2, -0.15) is 0 Å². The number of rotatable bonds is 8. The van der Waals surface area contributed by atoms with Gasteiger partial charge in [0.05, 0.1) is 6.61 Å². The normalized spacial score (nSPS) is 21.2. The van der Waals surface area contributed by atoms with Crippen molar-refractivity contribution in [3.63, 3.8) is 0 Å². The third-order valence-corrected chi connectivity index (χ3v) is 6.85. The Morgan fingerprint density at radius 2 is 1.74 bits per heavy atom. The van der Waals surface area contributed by atoms with Crippen LogP contribution >= 0.6 is 0 Å². The summed E-state index contributed by atoms with van der Waals surface area (Å²) in [5.74, 6) is -0.567. The van der Waals surface area contributed by atoms with Gasteiger partial charge in [-0.1, -0.05) is 68.2 Å². The molecule has 0 radical (unpaired) electrons. The molecule has 0 bridgehead atoms. The summed E-state index contributed by atoms with van der Waals surface area (Å²) in [5, 5.41) is 12.3. The topological polar surface area (TPSA) is 69.6 Å². The van der Waals surface area contributed by atoms with Crippen LogP contribution in [0.5, 0.6) is 0 Å². The van der Waals surface area contributed by atoms with Gasteiger partial charge in [-0.3, -0.25) is 9.59 Å². The molecular formula is C29H44N2O3. The lowest BCUT2D eigenvalue weighted by Gasteiger charge is -2.32. The van der Waals surface area contributed by atoms with Crippen molar-refractivity contribution in [3.8, 4) is 0 Å². The highest BCUT2D eigenvalue weighted by Gasteiger charge is 2.27. The molecule has 5 nitrogen and oxygen atoms in total. The molecule has 0 aromatic heterocycles. The zero-order chi connectivity index (χ0) is 25.1. The van der Waals surface area contributed by atoms with E-state index in [9.17, 15) is 14.7 Å². The van der Waals surface area contributed by atoms with Crippen LogP contribution in [0.15, 0.2) is 58.7 Å². The van der Waals surface area contributed by atoms with Crippen molar-refractivity contribution in [3.05, 3.63) is 58.7 Å². The van der Waals surface area contributed by atoms with Crippen molar-refractivity contribution in [2.45, 2.75) is 85.6 Å². The fraction of sp³-hybridized carbons (Fsp3) is 0.586. The predicted octanol–water partition coefficient (Wildman–Crippen LogP) is 5.40. The van der Waals surface area contributed by atoms with Crippen LogP contribution in [0.3, 0.4) is 0 Å². The van der Waals surface area contributed by atoms with Crippen molar-refractivity contribution in [1.29, 1.82) is 0 Å². The van der Waals surface area contributed by atoms with E-state index in [0.717, 1.165) is 36.8 Å². The van der Waals surface area contributed by atoms with Crippen molar-refractivity contribution < 1.29 is 14.7 Å². The molecule has 5 heteroatoms. The summed E-state index contributed by atoms with van der Waals surface area (Å²) in [7, 11) is 0. The molecule has 1 atom stereocenters. The van der Waals surface area contributed by atoms with Crippen LogP contribution in [-0.2, 0) is 9.59 Å². The van der Waals surface area contributed by atoms with Gasteiger partial charge in [0.25, 0.3) is 0 Å². The van der Waals surface area contributed by atoms with Crippen molar-refractivity contribution >= 4 is 11.8 Å². The van der Waals surface area contributed by atoms with Crippen LogP contribution in [0.2, 0.25) is 0 Å². The van der Waals surface area contributed by atoms with Gasteiger partial charge < -0.3 is 15.3 Å². The molecule has 1 heterocycles. The first-order chi connectivity index (χ1) is 16.1. The first kappa shape index (κ1) is 27.8. The smallest absolute Gasteiger partial charge is 0.247 e. The maximum absolute atomic E-state index is 12.7. The number of carbonyl (C=O) groups is 2. The Labute approximate surface area is 206 Å². The van der Waals surface area contributed by atoms with Gasteiger partial charge >= 0.3 is 0 Å². The Morgan fingerprint density at radius 1 is 1.06 bits per heavy atom. The molecule has 2 N–H and O–H groups in total. The molecule has 0 saturated carbocycles. The summed E-state index contributed by atoms with van der Waals surface area (Å²) in [4.78, 5) is 26.9. The largest absolute Gasteiger partial charge is 0.394 e. The first-order valence-corrected chi connectivity index (χ1v) is 12.8. The second kappa shape index (κ2) is 13.5. The Hall–Kier alpha value is -2.40. The van der Waals surface area contributed by atoms with Crippen LogP contribution in [-0.4, -0.2) is 47.6 Å². The van der Waals surface area contributed by atoms with E-state index < -0.39 is 12.6 Å². The van der Waals surface area contributed by atoms with Crippen molar-refractivity contribution in [2.75, 3.05) is 19.7 Å². The van der Waals surface area contributed by atoms with Gasteiger partial charge in [0.2, 0.25) is 11.8 Å². The van der Waals surface area contributed by atoms with Crippen LogP contribution in [0.1, 0.15) is 79.6 Å². The van der Waals surface area contributed by atoms with Crippen LogP contribution < -0.4 is 5.32 Å². The Balaban J connectivity index is 1.93. The number of hydrogen-bond donors (Lipinski definition) is 2. The molecular weight excluding hydrogens is 424 g/mol. The molecule has 2 amide bonds. The summed E-state index contributed by atoms with van der Waals surface area (Å²) in [6, 6.07) is -0.896. The van der Waals surface area contributed by atoms with Crippen molar-refractivity contribution in [2.24, 2.45) is 5.41 Å². The fourth-order valence-electron chi connectivity index (χ4n) is 4.80. The van der Waals surface area contributed by atoms with E-state index in [-0.39, 0.29) is 17.2 Å². The number of carbonyl (C=O) groups excluding carboxylic acids is 2. The molecule has 1 saturated heterocycles. The number of likely N-dealkylation sites (tertiary alicyclic amines) is 1. The quantitative estimate of drug-likeness (QED) is 0.370. The van der Waals surface area contributed by atoms with E-state index in [0.29, 0.717) is 13.1 Å². The highest BCUT2D eigenvalue weighted by molar-refractivity contribution is 5.93. The van der Waals surface area contributed by atoms with E-state index in [1.54, 1.807) is 4.90 Å². The van der Waals surface area contributed by atoms with Gasteiger partial charge in [0.1, 0.15) is 6.04 Å². The number of allylic oxidation sites excluding steroid dienone is 9. The molecule has 34 heavy (non-hydrogen) atoms. The molecule has 2 aliphatic rings. The monoisotopic (exact) mass is 468 g/mol. The van der Waals surface area contributed by atoms with Crippen LogP contribution in [0.25, 0.3) is 0 Å². The van der Waals surface area contributed by atoms with E-state index >= 15 is 0 Å². The minimum absolute atomic E-state index is 0.198. The average Bonchev–Trinajstić information content (AvgIpc) is 3.05. The maximum atomic E-state index is 12.7. The summed E-state index contributed by atoms with van der Waals surface area (Å²) in [5.41, 5.74) is 5.06. The lowest BCUT2D eigenvalue weighted by Crippen LogP contribution is -2.50. The van der Waals surface area contributed by atoms with E-state index in [1.165, 1.54) is 36.5 Å². The molecule has 0 unspecified atom stereocenters. The fourth-order valence-corrected chi connectivity index (χ4v) is 4.80. The lowest BCUT2D eigenvalue weighted by molar-refractivity contribution is -0.136. The van der Waals surface area contributed by atoms with E-state index in [4.69, 9.17) is 0 Å². The number of aliphatic hydroxyl groups excluding tert-OH is 1. The number of nitrogens with one attached hydrogen (secondary N) is 1. The summed E-state index contributed by atoms with van der Waals surface area (Å²) in [6.07, 6.45) is 19.5. The standard InChI is InChI=1S/C29H44N2O3/c1-22(15-16-25-24(3)14-11-17-29(25,4)5)12-10-13-23(2)20-27(33)30-26(21-32)28(34)31-18-8-6-7-9-19-31/h10,12-13,15-16,20,26,32H,6-9,11,14,17-19,21H2,1-5H3,(H,30,33)/t26-/m0/s1. The van der Waals surface area contributed by atoms with E-state index in [1.807, 2.05) is 25.2 Å². The minimum Gasteiger partial charge on any atom is -0.394 e. The van der Waals surface area contributed by atoms with E-state index in [2.05, 4.69) is 45.2 Å². The second-order valence-corrected chi connectivity index (χ2v) is 10.4. The minimum atomic E-state index is -0.896. The Kier molecular flexibility index (Phi) is 11.0. The zero-order valence-electron chi connectivity index (χ0n) is 21.8. The summed E-state index contributed by atoms with van der Waals surface area (Å²) < 4.78 is 0. The number of aliphatic hydroxyl groups is 1. The van der Waals surface area contributed by atoms with Gasteiger partial charge in [-0.25, -0.2) is 0 Å². The molecule has 0 spiro atoms. The predicted molar refractivity (Wildman–Crippen MR) is 140 cm³/mol. The first-order valence-electron chi connectivity index (χ1n) is 12.8. The SMILES string of the molecule is CC(C=CC1=C(C)CCCC1(C)C)=CC=CC(C)=CC(=O)N[C@@H](CO)C(=O)N1CCCCCC1. The molecule has 0 aromatic carbocycles. The van der Waals surface area contributed by atoms with Gasteiger partial charge in [-0.15, -0.1) is 0 Å². The number of hydrogen-bond acceptors (Lipinski definition) is 3. The van der Waals surface area contributed by atoms with Gasteiger partial charge in [0, 0.05) is 19.2 Å². The molecule has 0 aromatic rings. The van der Waals surface area contributed by atoms with Crippen LogP contribution in [0.4, 0.5) is 0 Å². The third-order valence-electron chi connectivity index (χ3n) is 6.85. The third kappa shape index (κ3) is 8.75. The Bertz CT molecular complexity index is 866. The molecule has 1 aliphatic carbocycles. The Morgan fingerprint density at radius 3 is 2.35 bits per heavy atom. The highest BCUT2D eigenvalue weighted by Crippen LogP contribution is 2.40. The number of amides is 2. The molecule has 1 fully saturated rings. The van der Waals surface area contributed by atoms with Crippen molar-refractivity contribution in [1.82, 2.24) is 10.2 Å². The average molecular weight is 469 g/mol. The second-order valence-electron chi connectivity index (χ2n) is 10.4. The molecule has 188 valence electrons. The highest BCUT2D eigenvalue weighted by atomic mass is 16.3. The summed E-state index contributed by atoms with van der Waals surface area (Å²) >= 11 is 0. The van der Waals surface area contributed by atoms with Gasteiger partial charge in [-0.05, 0) is 69.4 Å². The van der Waals surface area contributed by atoms with Crippen LogP contribution in [0, 0.1) is 5.41 Å². The number of nitrogens with zero attached hydrogens (tertiary/aromatic N) is 1. The molecule has 2 rings (SSSR count). The zero-order valence-corrected chi connectivity index (χ0v) is 21.8. The molecule has 1 aliphatic heterocycles. The maximum Gasteiger partial charge on any atom is 0.247 e. The summed E-state index contributed by atoms with van der Waals surface area (Å²) in [6.45, 7) is 11.8.